The molecule has 0 spiro atoms. The molecule has 180 valence electrons. The van der Waals surface area contributed by atoms with E-state index >= 15 is 0 Å². The number of rotatable bonds is 7. The van der Waals surface area contributed by atoms with Crippen molar-refractivity contribution in [2.75, 3.05) is 31.1 Å². The lowest BCUT2D eigenvalue weighted by molar-refractivity contribution is -0.139. The minimum Gasteiger partial charge on any atom is -0.481 e. The van der Waals surface area contributed by atoms with Crippen LogP contribution in [0.15, 0.2) is 23.1 Å². The van der Waals surface area contributed by atoms with E-state index in [0.29, 0.717) is 30.8 Å². The van der Waals surface area contributed by atoms with Crippen molar-refractivity contribution in [2.24, 2.45) is 5.73 Å². The number of aryl methyl sites for hydroxylation is 1. The number of nitrogens with one attached hydrogen (secondary N) is 1. The third-order valence-corrected chi connectivity index (χ3v) is 5.16. The van der Waals surface area contributed by atoms with Crippen molar-refractivity contribution in [1.82, 2.24) is 9.88 Å². The molecule has 2 aromatic rings. The Balaban J connectivity index is 0.000000328. The fourth-order valence-corrected chi connectivity index (χ4v) is 3.36. The summed E-state index contributed by atoms with van der Waals surface area (Å²) < 4.78 is 16.2. The largest absolute Gasteiger partial charge is 0.481 e. The van der Waals surface area contributed by atoms with Crippen LogP contribution in [0, 0.1) is 5.82 Å². The van der Waals surface area contributed by atoms with Crippen molar-refractivity contribution in [1.29, 1.82) is 0 Å². The Morgan fingerprint density at radius 2 is 1.82 bits per heavy atom. The monoisotopic (exact) mass is 466 g/mol. The number of fused-ring (bicyclic) bond motifs is 1. The number of hydrogen-bond donors (Lipinski definition) is 5. The number of halogens is 1. The summed E-state index contributed by atoms with van der Waals surface area (Å²) in [5.41, 5.74) is 5.01. The SMILES string of the molecule is CCn1cc(C(=O)O)c(=O)c2cc(F)c(N3CCNCC3)cc21.N[C@@H](CCC(=O)O)C(=O)O. The van der Waals surface area contributed by atoms with E-state index in [0.717, 1.165) is 19.2 Å². The molecule has 12 heteroatoms. The highest BCUT2D eigenvalue weighted by Gasteiger charge is 2.20. The lowest BCUT2D eigenvalue weighted by Gasteiger charge is -2.30. The van der Waals surface area contributed by atoms with Crippen LogP contribution in [-0.2, 0) is 16.1 Å². The number of hydrogen-bond acceptors (Lipinski definition) is 7. The molecule has 0 radical (unpaired) electrons. The maximum atomic E-state index is 14.5. The van der Waals surface area contributed by atoms with E-state index in [-0.39, 0.29) is 23.8 Å². The van der Waals surface area contributed by atoms with Gasteiger partial charge in [0.25, 0.3) is 0 Å². The molecule has 11 nitrogen and oxygen atoms in total. The summed E-state index contributed by atoms with van der Waals surface area (Å²) in [6.07, 6.45) is 1.10. The highest BCUT2D eigenvalue weighted by molar-refractivity contribution is 5.93. The zero-order chi connectivity index (χ0) is 24.7. The average molecular weight is 466 g/mol. The van der Waals surface area contributed by atoms with E-state index in [9.17, 15) is 23.6 Å². The molecule has 0 saturated carbocycles. The molecule has 2 heterocycles. The molecule has 0 unspecified atom stereocenters. The molecular formula is C21H27FN4O7. The lowest BCUT2D eigenvalue weighted by Crippen LogP contribution is -2.43. The van der Waals surface area contributed by atoms with Crippen LogP contribution in [0.3, 0.4) is 0 Å². The zero-order valence-electron chi connectivity index (χ0n) is 18.1. The summed E-state index contributed by atoms with van der Waals surface area (Å²) in [7, 11) is 0. The Kier molecular flexibility index (Phi) is 8.88. The summed E-state index contributed by atoms with van der Waals surface area (Å²) in [4.78, 5) is 45.3. The first-order valence-corrected chi connectivity index (χ1v) is 10.3. The Morgan fingerprint density at radius 1 is 1.18 bits per heavy atom. The quantitative estimate of drug-likeness (QED) is 0.387. The smallest absolute Gasteiger partial charge is 0.341 e. The Hall–Kier alpha value is -3.51. The summed E-state index contributed by atoms with van der Waals surface area (Å²) >= 11 is 0. The summed E-state index contributed by atoms with van der Waals surface area (Å²) in [6, 6.07) is 1.75. The number of carboxylic acid groups (broad SMARTS) is 3. The first-order valence-electron chi connectivity index (χ1n) is 10.3. The molecular weight excluding hydrogens is 439 g/mol. The van der Waals surface area contributed by atoms with Gasteiger partial charge in [-0.15, -0.1) is 0 Å². The second-order valence-corrected chi connectivity index (χ2v) is 7.40. The van der Waals surface area contributed by atoms with Crippen molar-refractivity contribution in [2.45, 2.75) is 32.4 Å². The molecule has 1 fully saturated rings. The molecule has 1 aromatic heterocycles. The number of carboxylic acids is 3. The first-order chi connectivity index (χ1) is 15.6. The molecule has 1 atom stereocenters. The maximum absolute atomic E-state index is 14.5. The summed E-state index contributed by atoms with van der Waals surface area (Å²) in [5, 5.41) is 28.7. The molecule has 0 bridgehead atoms. The second kappa shape index (κ2) is 11.4. The van der Waals surface area contributed by atoms with Gasteiger partial charge in [-0.05, 0) is 25.5 Å². The number of piperazine rings is 1. The Labute approximate surface area is 188 Å². The molecule has 0 aliphatic carbocycles. The van der Waals surface area contributed by atoms with Gasteiger partial charge in [-0.3, -0.25) is 14.4 Å². The topological polar surface area (TPSA) is 175 Å². The molecule has 0 amide bonds. The predicted octanol–water partition coefficient (Wildman–Crippen LogP) is 0.531. The molecule has 1 aromatic carbocycles. The first kappa shape index (κ1) is 25.7. The van der Waals surface area contributed by atoms with Crippen LogP contribution in [0.1, 0.15) is 30.1 Å². The lowest BCUT2D eigenvalue weighted by atomic mass is 10.1. The number of aromatic nitrogens is 1. The van der Waals surface area contributed by atoms with Crippen molar-refractivity contribution >= 4 is 34.5 Å². The second-order valence-electron chi connectivity index (χ2n) is 7.40. The van der Waals surface area contributed by atoms with Crippen LogP contribution in [0.4, 0.5) is 10.1 Å². The van der Waals surface area contributed by atoms with Crippen molar-refractivity contribution in [3.8, 4) is 0 Å². The van der Waals surface area contributed by atoms with Crippen molar-refractivity contribution < 1.29 is 34.1 Å². The average Bonchev–Trinajstić information content (AvgIpc) is 2.78. The van der Waals surface area contributed by atoms with Crippen LogP contribution < -0.4 is 21.4 Å². The predicted molar refractivity (Wildman–Crippen MR) is 118 cm³/mol. The van der Waals surface area contributed by atoms with Gasteiger partial charge in [0, 0.05) is 50.7 Å². The van der Waals surface area contributed by atoms with E-state index in [2.05, 4.69) is 5.32 Å². The zero-order valence-corrected chi connectivity index (χ0v) is 18.1. The fraction of sp³-hybridized carbons (Fsp3) is 0.429. The Morgan fingerprint density at radius 3 is 2.33 bits per heavy atom. The van der Waals surface area contributed by atoms with Gasteiger partial charge < -0.3 is 35.8 Å². The van der Waals surface area contributed by atoms with Gasteiger partial charge in [0.2, 0.25) is 5.43 Å². The number of aromatic carboxylic acids is 1. The Bertz CT molecular complexity index is 1100. The summed E-state index contributed by atoms with van der Waals surface area (Å²) in [5.74, 6) is -4.00. The van der Waals surface area contributed by atoms with Crippen LogP contribution in [-0.4, -0.2) is 70.0 Å². The minimum absolute atomic E-state index is 0.0231. The molecule has 3 rings (SSSR count). The molecule has 33 heavy (non-hydrogen) atoms. The fourth-order valence-electron chi connectivity index (χ4n) is 3.36. The third-order valence-electron chi connectivity index (χ3n) is 5.16. The van der Waals surface area contributed by atoms with E-state index in [1.807, 2.05) is 11.8 Å². The molecule has 1 aliphatic rings. The standard InChI is InChI=1S/C16H18FN3O3.C5H9NO4/c1-2-19-9-11(16(22)23)15(21)10-7-12(17)14(8-13(10)19)20-5-3-18-4-6-20;6-3(5(9)10)1-2-4(7)8/h7-9,18H,2-6H2,1H3,(H,22,23);3H,1-2,6H2,(H,7,8)(H,9,10)/t;3-/m.0/s1. The molecule has 1 aliphatic heterocycles. The third kappa shape index (κ3) is 6.49. The van der Waals surface area contributed by atoms with Gasteiger partial charge >= 0.3 is 17.9 Å². The van der Waals surface area contributed by atoms with Crippen LogP contribution >= 0.6 is 0 Å². The van der Waals surface area contributed by atoms with Crippen LogP contribution in [0.2, 0.25) is 0 Å². The maximum Gasteiger partial charge on any atom is 0.341 e. The van der Waals surface area contributed by atoms with Gasteiger partial charge in [-0.25, -0.2) is 9.18 Å². The number of carbonyl (C=O) groups is 3. The highest BCUT2D eigenvalue weighted by Crippen LogP contribution is 2.25. The molecule has 1 saturated heterocycles. The van der Waals surface area contributed by atoms with Gasteiger partial charge in [0.15, 0.2) is 0 Å². The number of nitrogens with zero attached hydrogens (tertiary/aromatic N) is 2. The van der Waals surface area contributed by atoms with E-state index in [1.54, 1.807) is 10.6 Å². The summed E-state index contributed by atoms with van der Waals surface area (Å²) in [6.45, 7) is 5.26. The normalized spacial score (nSPS) is 14.3. The van der Waals surface area contributed by atoms with Gasteiger partial charge in [-0.1, -0.05) is 0 Å². The highest BCUT2D eigenvalue weighted by atomic mass is 19.1. The number of anilines is 1. The van der Waals surface area contributed by atoms with E-state index in [1.165, 1.54) is 6.20 Å². The van der Waals surface area contributed by atoms with Crippen molar-refractivity contribution in [3.05, 3.63) is 39.9 Å². The van der Waals surface area contributed by atoms with Crippen LogP contribution in [0.5, 0.6) is 0 Å². The number of pyridine rings is 1. The number of benzene rings is 1. The van der Waals surface area contributed by atoms with Gasteiger partial charge in [-0.2, -0.15) is 0 Å². The number of nitrogens with two attached hydrogens (primary N) is 1. The van der Waals surface area contributed by atoms with Gasteiger partial charge in [0.05, 0.1) is 11.2 Å². The van der Waals surface area contributed by atoms with Crippen LogP contribution in [0.25, 0.3) is 10.9 Å². The van der Waals surface area contributed by atoms with E-state index in [4.69, 9.17) is 21.1 Å². The van der Waals surface area contributed by atoms with Gasteiger partial charge in [0.1, 0.15) is 17.4 Å². The molecule has 6 N–H and O–H groups in total. The van der Waals surface area contributed by atoms with Crippen molar-refractivity contribution in [3.63, 3.8) is 0 Å². The van der Waals surface area contributed by atoms with E-state index < -0.39 is 35.2 Å². The number of aliphatic carboxylic acids is 2. The minimum atomic E-state index is -1.30.